The van der Waals surface area contributed by atoms with Crippen LogP contribution in [-0.4, -0.2) is 48.1 Å². The lowest BCUT2D eigenvalue weighted by Crippen LogP contribution is -2.64. The van der Waals surface area contributed by atoms with Gasteiger partial charge in [0.2, 0.25) is 11.8 Å². The van der Waals surface area contributed by atoms with Gasteiger partial charge in [-0.15, -0.1) is 0 Å². The van der Waals surface area contributed by atoms with Gasteiger partial charge in [0.1, 0.15) is 12.1 Å². The highest BCUT2D eigenvalue weighted by Crippen LogP contribution is 2.37. The fourth-order valence-electron chi connectivity index (χ4n) is 2.95. The zero-order chi connectivity index (χ0) is 15.6. The first kappa shape index (κ1) is 16.3. The van der Waals surface area contributed by atoms with Gasteiger partial charge in [0, 0.05) is 6.54 Å². The third-order valence-electron chi connectivity index (χ3n) is 4.06. The Morgan fingerprint density at radius 2 is 1.90 bits per heavy atom. The van der Waals surface area contributed by atoms with Crippen molar-refractivity contribution in [3.8, 4) is 0 Å². The minimum absolute atomic E-state index is 0.0206. The molecule has 2 aliphatic rings. The van der Waals surface area contributed by atoms with Gasteiger partial charge in [-0.05, 0) is 44.9 Å². The van der Waals surface area contributed by atoms with Crippen molar-refractivity contribution in [2.75, 3.05) is 13.2 Å². The zero-order valence-corrected chi connectivity index (χ0v) is 13.6. The summed E-state index contributed by atoms with van der Waals surface area (Å²) in [5.41, 5.74) is 0. The summed E-state index contributed by atoms with van der Waals surface area (Å²) >= 11 is 0. The number of piperazine rings is 1. The van der Waals surface area contributed by atoms with Gasteiger partial charge < -0.3 is 15.0 Å². The smallest absolute Gasteiger partial charge is 0.245 e. The van der Waals surface area contributed by atoms with Gasteiger partial charge in [0.15, 0.2) is 0 Å². The Labute approximate surface area is 127 Å². The third kappa shape index (κ3) is 4.19. The van der Waals surface area contributed by atoms with Gasteiger partial charge in [0.05, 0.1) is 12.7 Å². The summed E-state index contributed by atoms with van der Waals surface area (Å²) in [6.45, 7) is 9.10. The summed E-state index contributed by atoms with van der Waals surface area (Å²) in [6.07, 6.45) is 2.93. The number of amides is 2. The van der Waals surface area contributed by atoms with Crippen LogP contribution in [0.4, 0.5) is 0 Å². The molecule has 2 rings (SSSR count). The summed E-state index contributed by atoms with van der Waals surface area (Å²) in [4.78, 5) is 26.8. The number of hydrogen-bond acceptors (Lipinski definition) is 3. The van der Waals surface area contributed by atoms with Crippen molar-refractivity contribution in [3.63, 3.8) is 0 Å². The molecule has 2 atom stereocenters. The van der Waals surface area contributed by atoms with Crippen molar-refractivity contribution in [1.29, 1.82) is 0 Å². The zero-order valence-electron chi connectivity index (χ0n) is 13.6. The lowest BCUT2D eigenvalue weighted by molar-refractivity contribution is -0.151. The Hall–Kier alpha value is -1.10. The van der Waals surface area contributed by atoms with Crippen LogP contribution in [0.15, 0.2) is 0 Å². The molecular weight excluding hydrogens is 268 g/mol. The first-order valence-electron chi connectivity index (χ1n) is 8.12. The summed E-state index contributed by atoms with van der Waals surface area (Å²) in [7, 11) is 0. The van der Waals surface area contributed by atoms with E-state index in [1.807, 2.05) is 13.8 Å². The fourth-order valence-corrected chi connectivity index (χ4v) is 2.95. The van der Waals surface area contributed by atoms with E-state index in [9.17, 15) is 9.59 Å². The molecule has 1 heterocycles. The molecular formula is C16H28N2O3. The van der Waals surface area contributed by atoms with Crippen LogP contribution in [0.1, 0.15) is 47.0 Å². The van der Waals surface area contributed by atoms with Crippen LogP contribution in [0.3, 0.4) is 0 Å². The van der Waals surface area contributed by atoms with Crippen molar-refractivity contribution in [2.45, 2.75) is 65.1 Å². The molecule has 5 nitrogen and oxygen atoms in total. The van der Waals surface area contributed by atoms with Gasteiger partial charge in [-0.2, -0.15) is 0 Å². The number of carbonyl (C=O) groups is 2. The molecule has 0 aromatic carbocycles. The quantitative estimate of drug-likeness (QED) is 0.775. The van der Waals surface area contributed by atoms with Gasteiger partial charge >= 0.3 is 0 Å². The molecule has 0 aromatic heterocycles. The Morgan fingerprint density at radius 3 is 2.43 bits per heavy atom. The third-order valence-corrected chi connectivity index (χ3v) is 4.06. The Bertz CT molecular complexity index is 391. The Kier molecular flexibility index (Phi) is 5.25. The number of carbonyl (C=O) groups excluding carboxylic acids is 2. The standard InChI is InChI=1S/C16H28N2O3/c1-10(2)9-13-16(20)18(7-8-21-11(3)4)14(12-5-6-12)15(19)17-13/h10-14H,5-9H2,1-4H3,(H,17,19). The first-order chi connectivity index (χ1) is 9.90. The topological polar surface area (TPSA) is 58.6 Å². The normalized spacial score (nSPS) is 26.7. The lowest BCUT2D eigenvalue weighted by atomic mass is 9.97. The first-order valence-corrected chi connectivity index (χ1v) is 8.12. The number of nitrogens with one attached hydrogen (secondary N) is 1. The number of ether oxygens (including phenoxy) is 1. The highest BCUT2D eigenvalue weighted by molar-refractivity contribution is 5.97. The molecule has 1 N–H and O–H groups in total. The van der Waals surface area contributed by atoms with E-state index in [4.69, 9.17) is 4.74 Å². The minimum Gasteiger partial charge on any atom is -0.377 e. The maximum atomic E-state index is 12.7. The molecule has 0 spiro atoms. The molecule has 0 aromatic rings. The van der Waals surface area contributed by atoms with E-state index in [0.29, 0.717) is 31.4 Å². The maximum Gasteiger partial charge on any atom is 0.245 e. The molecule has 1 aliphatic carbocycles. The average Bonchev–Trinajstić information content (AvgIpc) is 3.18. The van der Waals surface area contributed by atoms with E-state index in [2.05, 4.69) is 19.2 Å². The molecule has 0 bridgehead atoms. The lowest BCUT2D eigenvalue weighted by Gasteiger charge is -2.39. The molecule has 1 saturated heterocycles. The summed E-state index contributed by atoms with van der Waals surface area (Å²) in [5.74, 6) is 0.804. The van der Waals surface area contributed by atoms with Gasteiger partial charge in [-0.3, -0.25) is 9.59 Å². The molecule has 1 saturated carbocycles. The van der Waals surface area contributed by atoms with E-state index >= 15 is 0 Å². The summed E-state index contributed by atoms with van der Waals surface area (Å²) in [5, 5.41) is 2.93. The number of hydrogen-bond donors (Lipinski definition) is 1. The van der Waals surface area contributed by atoms with Crippen molar-refractivity contribution in [1.82, 2.24) is 10.2 Å². The average molecular weight is 296 g/mol. The summed E-state index contributed by atoms with van der Waals surface area (Å²) < 4.78 is 5.57. The molecule has 2 amide bonds. The van der Waals surface area contributed by atoms with E-state index < -0.39 is 0 Å². The van der Waals surface area contributed by atoms with Crippen molar-refractivity contribution >= 4 is 11.8 Å². The van der Waals surface area contributed by atoms with E-state index in [-0.39, 0.29) is 30.0 Å². The number of rotatable bonds is 7. The van der Waals surface area contributed by atoms with Crippen molar-refractivity contribution in [2.24, 2.45) is 11.8 Å². The SMILES string of the molecule is CC(C)CC1NC(=O)C(C2CC2)N(CCOC(C)C)C1=O. The number of nitrogens with zero attached hydrogens (tertiary/aromatic N) is 1. The van der Waals surface area contributed by atoms with Crippen LogP contribution in [0, 0.1) is 11.8 Å². The van der Waals surface area contributed by atoms with Crippen LogP contribution in [0.5, 0.6) is 0 Å². The monoisotopic (exact) mass is 296 g/mol. The Balaban J connectivity index is 2.04. The van der Waals surface area contributed by atoms with E-state index in [1.54, 1.807) is 4.90 Å². The maximum absolute atomic E-state index is 12.7. The largest absolute Gasteiger partial charge is 0.377 e. The van der Waals surface area contributed by atoms with Crippen LogP contribution in [0.25, 0.3) is 0 Å². The molecule has 0 radical (unpaired) electrons. The van der Waals surface area contributed by atoms with Crippen LogP contribution in [-0.2, 0) is 14.3 Å². The molecule has 120 valence electrons. The van der Waals surface area contributed by atoms with E-state index in [0.717, 1.165) is 12.8 Å². The molecule has 2 fully saturated rings. The predicted molar refractivity (Wildman–Crippen MR) is 80.7 cm³/mol. The predicted octanol–water partition coefficient (Wildman–Crippen LogP) is 1.56. The molecule has 2 unspecified atom stereocenters. The highest BCUT2D eigenvalue weighted by Gasteiger charge is 2.47. The van der Waals surface area contributed by atoms with Gasteiger partial charge in [0.25, 0.3) is 0 Å². The van der Waals surface area contributed by atoms with E-state index in [1.165, 1.54) is 0 Å². The second-order valence-electron chi connectivity index (χ2n) is 6.92. The second kappa shape index (κ2) is 6.77. The van der Waals surface area contributed by atoms with Crippen LogP contribution < -0.4 is 5.32 Å². The van der Waals surface area contributed by atoms with Gasteiger partial charge in [-0.25, -0.2) is 0 Å². The minimum atomic E-state index is -0.369. The highest BCUT2D eigenvalue weighted by atomic mass is 16.5. The van der Waals surface area contributed by atoms with Crippen LogP contribution >= 0.6 is 0 Å². The fraction of sp³-hybridized carbons (Fsp3) is 0.875. The molecule has 1 aliphatic heterocycles. The second-order valence-corrected chi connectivity index (χ2v) is 6.92. The molecule has 21 heavy (non-hydrogen) atoms. The van der Waals surface area contributed by atoms with Crippen molar-refractivity contribution in [3.05, 3.63) is 0 Å². The van der Waals surface area contributed by atoms with Crippen molar-refractivity contribution < 1.29 is 14.3 Å². The summed E-state index contributed by atoms with van der Waals surface area (Å²) in [6, 6.07) is -0.650. The van der Waals surface area contributed by atoms with Crippen LogP contribution in [0.2, 0.25) is 0 Å². The Morgan fingerprint density at radius 1 is 1.24 bits per heavy atom. The van der Waals surface area contributed by atoms with Gasteiger partial charge in [-0.1, -0.05) is 13.8 Å². The molecule has 5 heteroatoms.